The predicted molar refractivity (Wildman–Crippen MR) is 83.7 cm³/mol. The van der Waals surface area contributed by atoms with E-state index in [1.54, 1.807) is 10.4 Å². The van der Waals surface area contributed by atoms with Crippen LogP contribution in [0.15, 0.2) is 16.3 Å². The van der Waals surface area contributed by atoms with Crippen LogP contribution in [-0.2, 0) is 16.4 Å². The molecule has 6 heteroatoms. The Morgan fingerprint density at radius 3 is 2.95 bits per heavy atom. The Kier molecular flexibility index (Phi) is 5.60. The first-order valence-electron chi connectivity index (χ1n) is 7.33. The van der Waals surface area contributed by atoms with Gasteiger partial charge in [0.15, 0.2) is 0 Å². The summed E-state index contributed by atoms with van der Waals surface area (Å²) >= 11 is 1.42. The Morgan fingerprint density at radius 2 is 2.25 bits per heavy atom. The fourth-order valence-electron chi connectivity index (χ4n) is 2.51. The summed E-state index contributed by atoms with van der Waals surface area (Å²) in [5.74, 6) is 0.465. The zero-order valence-corrected chi connectivity index (χ0v) is 13.9. The Hall–Kier alpha value is -0.430. The second-order valence-corrected chi connectivity index (χ2v) is 8.77. The Bertz CT molecular complexity index is 525. The van der Waals surface area contributed by atoms with Crippen LogP contribution in [0, 0.1) is 5.92 Å². The van der Waals surface area contributed by atoms with Gasteiger partial charge in [-0.15, -0.1) is 11.3 Å². The number of nitrogens with one attached hydrogen (secondary N) is 1. The molecular weight excluding hydrogens is 292 g/mol. The molecule has 0 radical (unpaired) electrons. The second-order valence-electron chi connectivity index (χ2n) is 5.43. The van der Waals surface area contributed by atoms with Crippen molar-refractivity contribution in [3.63, 3.8) is 0 Å². The molecule has 2 rings (SSSR count). The largest absolute Gasteiger partial charge is 0.317 e. The number of nitrogens with zero attached hydrogens (tertiary/aromatic N) is 1. The van der Waals surface area contributed by atoms with Crippen LogP contribution in [0.2, 0.25) is 0 Å². The van der Waals surface area contributed by atoms with Gasteiger partial charge in [-0.05, 0) is 50.4 Å². The van der Waals surface area contributed by atoms with Crippen LogP contribution in [0.1, 0.15) is 31.6 Å². The van der Waals surface area contributed by atoms with Crippen LogP contribution in [0.5, 0.6) is 0 Å². The van der Waals surface area contributed by atoms with Crippen molar-refractivity contribution in [3.05, 3.63) is 17.0 Å². The molecule has 20 heavy (non-hydrogen) atoms. The maximum Gasteiger partial charge on any atom is 0.252 e. The summed E-state index contributed by atoms with van der Waals surface area (Å²) < 4.78 is 27.3. The first kappa shape index (κ1) is 15.9. The van der Waals surface area contributed by atoms with E-state index in [0.717, 1.165) is 37.2 Å². The monoisotopic (exact) mass is 316 g/mol. The summed E-state index contributed by atoms with van der Waals surface area (Å²) in [6, 6.07) is 3.71. The molecule has 1 saturated heterocycles. The van der Waals surface area contributed by atoms with Crippen molar-refractivity contribution in [2.75, 3.05) is 26.2 Å². The number of hydrogen-bond acceptors (Lipinski definition) is 4. The lowest BCUT2D eigenvalue weighted by molar-refractivity contribution is 0.281. The summed E-state index contributed by atoms with van der Waals surface area (Å²) in [5.41, 5.74) is 0. The number of likely N-dealkylation sites (N-methyl/N-ethyl adjacent to an activating group) is 1. The molecule has 0 spiro atoms. The van der Waals surface area contributed by atoms with Gasteiger partial charge in [-0.25, -0.2) is 8.42 Å². The predicted octanol–water partition coefficient (Wildman–Crippen LogP) is 2.32. The van der Waals surface area contributed by atoms with Crippen LogP contribution >= 0.6 is 11.3 Å². The standard InChI is InChI=1S/C14H24N2O2S2/c1-3-15-9-8-13-6-7-14(19-13)20(17,18)16-10-4-5-12(2)11-16/h6-7,12,15H,3-5,8-11H2,1-2H3. The fourth-order valence-corrected chi connectivity index (χ4v) is 5.62. The summed E-state index contributed by atoms with van der Waals surface area (Å²) in [6.45, 7) is 7.36. The molecule has 0 saturated carbocycles. The van der Waals surface area contributed by atoms with E-state index in [0.29, 0.717) is 23.2 Å². The number of hydrogen-bond donors (Lipinski definition) is 1. The molecule has 1 N–H and O–H groups in total. The minimum atomic E-state index is -3.27. The molecule has 0 amide bonds. The molecule has 1 aromatic rings. The van der Waals surface area contributed by atoms with E-state index in [1.807, 2.05) is 6.07 Å². The van der Waals surface area contributed by atoms with Crippen molar-refractivity contribution in [2.45, 2.75) is 37.3 Å². The molecular formula is C14H24N2O2S2. The Balaban J connectivity index is 2.05. The molecule has 1 unspecified atom stereocenters. The van der Waals surface area contributed by atoms with Crippen molar-refractivity contribution in [1.29, 1.82) is 0 Å². The molecule has 0 aliphatic carbocycles. The highest BCUT2D eigenvalue weighted by molar-refractivity contribution is 7.91. The highest BCUT2D eigenvalue weighted by atomic mass is 32.2. The van der Waals surface area contributed by atoms with E-state index in [4.69, 9.17) is 0 Å². The summed E-state index contributed by atoms with van der Waals surface area (Å²) in [4.78, 5) is 1.13. The quantitative estimate of drug-likeness (QED) is 0.820. The normalized spacial score (nSPS) is 21.2. The van der Waals surface area contributed by atoms with Gasteiger partial charge < -0.3 is 5.32 Å². The summed E-state index contributed by atoms with van der Waals surface area (Å²) in [7, 11) is -3.27. The zero-order chi connectivity index (χ0) is 14.6. The molecule has 1 aromatic heterocycles. The number of piperidine rings is 1. The third-order valence-electron chi connectivity index (χ3n) is 3.65. The van der Waals surface area contributed by atoms with E-state index >= 15 is 0 Å². The molecule has 1 aliphatic heterocycles. The van der Waals surface area contributed by atoms with Crippen LogP contribution in [0.4, 0.5) is 0 Å². The Morgan fingerprint density at radius 1 is 1.45 bits per heavy atom. The minimum Gasteiger partial charge on any atom is -0.317 e. The molecule has 114 valence electrons. The summed E-state index contributed by atoms with van der Waals surface area (Å²) in [6.07, 6.45) is 2.99. The number of sulfonamides is 1. The number of rotatable bonds is 6. The van der Waals surface area contributed by atoms with Crippen LogP contribution in [0.25, 0.3) is 0 Å². The van der Waals surface area contributed by atoms with Crippen molar-refractivity contribution in [2.24, 2.45) is 5.92 Å². The average Bonchev–Trinajstić information content (AvgIpc) is 2.88. The van der Waals surface area contributed by atoms with Crippen LogP contribution in [0.3, 0.4) is 0 Å². The van der Waals surface area contributed by atoms with Gasteiger partial charge >= 0.3 is 0 Å². The van der Waals surface area contributed by atoms with Crippen molar-refractivity contribution < 1.29 is 8.42 Å². The lowest BCUT2D eigenvalue weighted by Crippen LogP contribution is -2.38. The molecule has 0 bridgehead atoms. The van der Waals surface area contributed by atoms with Gasteiger partial charge in [-0.2, -0.15) is 4.31 Å². The van der Waals surface area contributed by atoms with Gasteiger partial charge in [0, 0.05) is 18.0 Å². The van der Waals surface area contributed by atoms with Gasteiger partial charge in [0.1, 0.15) is 4.21 Å². The Labute approximate surface area is 126 Å². The molecule has 1 aliphatic rings. The highest BCUT2D eigenvalue weighted by Gasteiger charge is 2.29. The smallest absolute Gasteiger partial charge is 0.252 e. The summed E-state index contributed by atoms with van der Waals surface area (Å²) in [5, 5.41) is 3.26. The van der Waals surface area contributed by atoms with E-state index in [-0.39, 0.29) is 0 Å². The third kappa shape index (κ3) is 3.81. The highest BCUT2D eigenvalue weighted by Crippen LogP contribution is 2.28. The van der Waals surface area contributed by atoms with Crippen molar-refractivity contribution >= 4 is 21.4 Å². The maximum absolute atomic E-state index is 12.6. The van der Waals surface area contributed by atoms with E-state index in [2.05, 4.69) is 19.2 Å². The molecule has 2 heterocycles. The average molecular weight is 316 g/mol. The molecule has 1 fully saturated rings. The first-order chi connectivity index (χ1) is 9.54. The van der Waals surface area contributed by atoms with E-state index < -0.39 is 10.0 Å². The molecule has 4 nitrogen and oxygen atoms in total. The lowest BCUT2D eigenvalue weighted by Gasteiger charge is -2.29. The molecule has 0 aromatic carbocycles. The van der Waals surface area contributed by atoms with Gasteiger partial charge in [0.2, 0.25) is 0 Å². The minimum absolute atomic E-state index is 0.465. The van der Waals surface area contributed by atoms with Crippen molar-refractivity contribution in [3.8, 4) is 0 Å². The third-order valence-corrected chi connectivity index (χ3v) is 7.13. The van der Waals surface area contributed by atoms with Crippen molar-refractivity contribution in [1.82, 2.24) is 9.62 Å². The van der Waals surface area contributed by atoms with Gasteiger partial charge in [-0.1, -0.05) is 13.8 Å². The van der Waals surface area contributed by atoms with Gasteiger partial charge in [-0.3, -0.25) is 0 Å². The van der Waals surface area contributed by atoms with E-state index in [1.165, 1.54) is 11.3 Å². The van der Waals surface area contributed by atoms with Gasteiger partial charge in [0.25, 0.3) is 10.0 Å². The van der Waals surface area contributed by atoms with E-state index in [9.17, 15) is 8.42 Å². The fraction of sp³-hybridized carbons (Fsp3) is 0.714. The zero-order valence-electron chi connectivity index (χ0n) is 12.3. The topological polar surface area (TPSA) is 49.4 Å². The van der Waals surface area contributed by atoms with Crippen LogP contribution < -0.4 is 5.32 Å². The SMILES string of the molecule is CCNCCc1ccc(S(=O)(=O)N2CCCC(C)C2)s1. The molecule has 1 atom stereocenters. The van der Waals surface area contributed by atoms with Crippen LogP contribution in [-0.4, -0.2) is 38.9 Å². The maximum atomic E-state index is 12.6. The van der Waals surface area contributed by atoms with Gasteiger partial charge in [0.05, 0.1) is 0 Å². The second kappa shape index (κ2) is 7.02. The lowest BCUT2D eigenvalue weighted by atomic mass is 10.0. The number of thiophene rings is 1. The first-order valence-corrected chi connectivity index (χ1v) is 9.59.